The van der Waals surface area contributed by atoms with Crippen LogP contribution >= 0.6 is 0 Å². The van der Waals surface area contributed by atoms with Crippen LogP contribution in [-0.2, 0) is 28.7 Å². The molecule has 2 rings (SSSR count). The molecule has 0 unspecified atom stereocenters. The minimum atomic E-state index is -4.96. The van der Waals surface area contributed by atoms with Crippen molar-refractivity contribution in [3.63, 3.8) is 0 Å². The van der Waals surface area contributed by atoms with Gasteiger partial charge in [-0.25, -0.2) is 9.59 Å². The Morgan fingerprint density at radius 3 is 1.51 bits per heavy atom. The fraction of sp³-hybridized carbons (Fsp3) is 0.810. The fourth-order valence-electron chi connectivity index (χ4n) is 4.07. The van der Waals surface area contributed by atoms with E-state index < -0.39 is 48.2 Å². The summed E-state index contributed by atoms with van der Waals surface area (Å²) in [5, 5.41) is 0. The van der Waals surface area contributed by atoms with E-state index in [-0.39, 0.29) is 37.8 Å². The molecule has 14 heteroatoms. The number of piperidine rings is 2. The van der Waals surface area contributed by atoms with Gasteiger partial charge in [0.25, 0.3) is 0 Å². The summed E-state index contributed by atoms with van der Waals surface area (Å²) < 4.78 is 83.3. The molecule has 8 nitrogen and oxygen atoms in total. The predicted octanol–water partition coefficient (Wildman–Crippen LogP) is 3.09. The number of amides is 2. The van der Waals surface area contributed by atoms with Crippen molar-refractivity contribution in [2.75, 3.05) is 27.3 Å². The second-order valence-electron chi connectivity index (χ2n) is 8.52. The SMILES string of the molecule is CC[C@@H]1CC[C@H](C(=O)OC)N(C(=O)C(F)(F)F)C1.COC(=O)[C@@H]1CC[C@H](C)CN1C(=O)C(F)(F)F. The molecular formula is C21H30F6N2O6. The van der Waals surface area contributed by atoms with E-state index in [9.17, 15) is 45.5 Å². The summed E-state index contributed by atoms with van der Waals surface area (Å²) in [6, 6.07) is -2.24. The highest BCUT2D eigenvalue weighted by atomic mass is 19.4. The zero-order valence-corrected chi connectivity index (χ0v) is 19.9. The average molecular weight is 520 g/mol. The van der Waals surface area contributed by atoms with E-state index in [1.807, 2.05) is 6.92 Å². The lowest BCUT2D eigenvalue weighted by Gasteiger charge is -2.38. The lowest BCUT2D eigenvalue weighted by molar-refractivity contribution is -0.192. The molecule has 0 aromatic rings. The Bertz CT molecular complexity index is 772. The Kier molecular flexibility index (Phi) is 10.8. The van der Waals surface area contributed by atoms with Crippen LogP contribution in [0.5, 0.6) is 0 Å². The van der Waals surface area contributed by atoms with E-state index in [0.717, 1.165) is 14.2 Å². The highest BCUT2D eigenvalue weighted by Crippen LogP contribution is 2.30. The maximum atomic E-state index is 12.5. The number of nitrogens with zero attached hydrogens (tertiary/aromatic N) is 2. The number of methoxy groups -OCH3 is 2. The van der Waals surface area contributed by atoms with Gasteiger partial charge in [0.1, 0.15) is 12.1 Å². The van der Waals surface area contributed by atoms with Gasteiger partial charge in [-0.3, -0.25) is 9.59 Å². The first-order valence-corrected chi connectivity index (χ1v) is 11.0. The number of esters is 2. The second kappa shape index (κ2) is 12.4. The van der Waals surface area contributed by atoms with E-state index in [1.165, 1.54) is 0 Å². The smallest absolute Gasteiger partial charge is 0.467 e. The van der Waals surface area contributed by atoms with Crippen LogP contribution in [0, 0.1) is 11.8 Å². The molecule has 2 saturated heterocycles. The number of hydrogen-bond acceptors (Lipinski definition) is 6. The first-order valence-electron chi connectivity index (χ1n) is 11.0. The normalized spacial score (nSPS) is 25.2. The molecule has 35 heavy (non-hydrogen) atoms. The number of likely N-dealkylation sites (tertiary alicyclic amines) is 2. The molecule has 0 saturated carbocycles. The summed E-state index contributed by atoms with van der Waals surface area (Å²) in [6.07, 6.45) is -7.59. The van der Waals surface area contributed by atoms with Crippen LogP contribution in [0.2, 0.25) is 0 Å². The van der Waals surface area contributed by atoms with Crippen molar-refractivity contribution in [1.29, 1.82) is 0 Å². The molecule has 2 aliphatic rings. The van der Waals surface area contributed by atoms with Gasteiger partial charge in [0.15, 0.2) is 0 Å². The Morgan fingerprint density at radius 2 is 1.14 bits per heavy atom. The molecule has 2 fully saturated rings. The Labute approximate surface area is 198 Å². The number of halogens is 6. The van der Waals surface area contributed by atoms with Crippen LogP contribution < -0.4 is 0 Å². The molecule has 2 amide bonds. The summed E-state index contributed by atoms with van der Waals surface area (Å²) in [5.41, 5.74) is 0. The van der Waals surface area contributed by atoms with E-state index in [4.69, 9.17) is 0 Å². The van der Waals surface area contributed by atoms with Crippen LogP contribution in [0.25, 0.3) is 0 Å². The molecule has 0 aliphatic carbocycles. The van der Waals surface area contributed by atoms with Gasteiger partial charge in [-0.05, 0) is 37.5 Å². The molecular weight excluding hydrogens is 490 g/mol. The number of hydrogen-bond donors (Lipinski definition) is 0. The van der Waals surface area contributed by atoms with Crippen molar-refractivity contribution < 1.29 is 55.0 Å². The predicted molar refractivity (Wildman–Crippen MR) is 109 cm³/mol. The summed E-state index contributed by atoms with van der Waals surface area (Å²) >= 11 is 0. The van der Waals surface area contributed by atoms with Crippen LogP contribution in [0.3, 0.4) is 0 Å². The third-order valence-corrected chi connectivity index (χ3v) is 6.03. The van der Waals surface area contributed by atoms with E-state index >= 15 is 0 Å². The topological polar surface area (TPSA) is 93.2 Å². The Hall–Kier alpha value is -2.54. The number of carbonyl (C=O) groups is 4. The zero-order chi connectivity index (χ0) is 27.1. The highest BCUT2D eigenvalue weighted by molar-refractivity contribution is 5.88. The van der Waals surface area contributed by atoms with E-state index in [1.54, 1.807) is 6.92 Å². The summed E-state index contributed by atoms with van der Waals surface area (Å²) in [5.74, 6) is -5.58. The second-order valence-corrected chi connectivity index (χ2v) is 8.52. The lowest BCUT2D eigenvalue weighted by Crippen LogP contribution is -2.54. The number of carbonyl (C=O) groups excluding carboxylic acids is 4. The first-order chi connectivity index (χ1) is 16.1. The van der Waals surface area contributed by atoms with Gasteiger partial charge in [0.05, 0.1) is 14.2 Å². The maximum absolute atomic E-state index is 12.5. The van der Waals surface area contributed by atoms with Crippen molar-refractivity contribution in [2.24, 2.45) is 11.8 Å². The van der Waals surface area contributed by atoms with Gasteiger partial charge in [0, 0.05) is 13.1 Å². The summed E-state index contributed by atoms with van der Waals surface area (Å²) in [6.45, 7) is 3.47. The third-order valence-electron chi connectivity index (χ3n) is 6.03. The van der Waals surface area contributed by atoms with Gasteiger partial charge in [-0.15, -0.1) is 0 Å². The molecule has 2 heterocycles. The molecule has 0 bridgehead atoms. The van der Waals surface area contributed by atoms with Crippen molar-refractivity contribution in [3.05, 3.63) is 0 Å². The van der Waals surface area contributed by atoms with Crippen molar-refractivity contribution in [2.45, 2.75) is 70.4 Å². The van der Waals surface area contributed by atoms with Crippen LogP contribution in [0.4, 0.5) is 26.3 Å². The van der Waals surface area contributed by atoms with Crippen molar-refractivity contribution in [3.8, 4) is 0 Å². The molecule has 0 N–H and O–H groups in total. The van der Waals surface area contributed by atoms with Crippen molar-refractivity contribution in [1.82, 2.24) is 9.80 Å². The minimum absolute atomic E-state index is 0.00259. The Morgan fingerprint density at radius 1 is 0.743 bits per heavy atom. The average Bonchev–Trinajstić information content (AvgIpc) is 2.80. The third kappa shape index (κ3) is 8.27. The van der Waals surface area contributed by atoms with Gasteiger partial charge >= 0.3 is 36.1 Å². The molecule has 4 atom stereocenters. The van der Waals surface area contributed by atoms with Crippen LogP contribution in [0.1, 0.15) is 46.0 Å². The van der Waals surface area contributed by atoms with Crippen LogP contribution in [-0.4, -0.2) is 85.3 Å². The standard InChI is InChI=1S/C11H16F3NO3.C10H14F3NO3/c1-3-7-4-5-8(9(16)18-2)15(6-7)10(17)11(12,13)14;1-6-3-4-7(8(15)17-2)14(5-6)9(16)10(11,12)13/h7-8H,3-6H2,1-2H3;6-7H,3-5H2,1-2H3/t7-,8-;6-,7-/m10/s1. The molecule has 0 aromatic heterocycles. The highest BCUT2D eigenvalue weighted by Gasteiger charge is 2.49. The fourth-order valence-corrected chi connectivity index (χ4v) is 4.07. The monoisotopic (exact) mass is 520 g/mol. The molecule has 0 radical (unpaired) electrons. The molecule has 202 valence electrons. The summed E-state index contributed by atoms with van der Waals surface area (Å²) in [4.78, 5) is 46.4. The van der Waals surface area contributed by atoms with E-state index in [0.29, 0.717) is 29.1 Å². The summed E-state index contributed by atoms with van der Waals surface area (Å²) in [7, 11) is 2.20. The first kappa shape index (κ1) is 30.5. The quantitative estimate of drug-likeness (QED) is 0.420. The maximum Gasteiger partial charge on any atom is 0.471 e. The number of ether oxygens (including phenoxy) is 2. The van der Waals surface area contributed by atoms with E-state index in [2.05, 4.69) is 9.47 Å². The van der Waals surface area contributed by atoms with Gasteiger partial charge in [-0.1, -0.05) is 20.3 Å². The van der Waals surface area contributed by atoms with Gasteiger partial charge in [0.2, 0.25) is 0 Å². The molecule has 0 aromatic carbocycles. The lowest BCUT2D eigenvalue weighted by atomic mass is 9.90. The van der Waals surface area contributed by atoms with Crippen molar-refractivity contribution >= 4 is 23.8 Å². The molecule has 2 aliphatic heterocycles. The largest absolute Gasteiger partial charge is 0.471 e. The minimum Gasteiger partial charge on any atom is -0.467 e. The number of alkyl halides is 6. The molecule has 0 spiro atoms. The van der Waals surface area contributed by atoms with Gasteiger partial charge < -0.3 is 19.3 Å². The zero-order valence-electron chi connectivity index (χ0n) is 19.9. The van der Waals surface area contributed by atoms with Crippen LogP contribution in [0.15, 0.2) is 0 Å². The van der Waals surface area contributed by atoms with Gasteiger partial charge in [-0.2, -0.15) is 26.3 Å². The number of rotatable bonds is 3. The Balaban J connectivity index is 0.000000351.